The summed E-state index contributed by atoms with van der Waals surface area (Å²) in [4.78, 5) is 71.6. The van der Waals surface area contributed by atoms with Crippen LogP contribution in [0.4, 0.5) is 11.4 Å². The van der Waals surface area contributed by atoms with Crippen LogP contribution in [-0.2, 0) is 9.59 Å². The van der Waals surface area contributed by atoms with E-state index in [1.807, 2.05) is 29.2 Å². The van der Waals surface area contributed by atoms with E-state index in [0.29, 0.717) is 41.5 Å². The summed E-state index contributed by atoms with van der Waals surface area (Å²) in [6.07, 6.45) is -0.0568. The fourth-order valence-corrected chi connectivity index (χ4v) is 10.2. The zero-order valence-corrected chi connectivity index (χ0v) is 34.1. The van der Waals surface area contributed by atoms with Crippen LogP contribution in [0.15, 0.2) is 60.7 Å². The topological polar surface area (TPSA) is 179 Å². The van der Waals surface area contributed by atoms with Crippen LogP contribution in [0.1, 0.15) is 77.2 Å². The molecule has 0 bridgehead atoms. The molecule has 4 heterocycles. The minimum absolute atomic E-state index is 0.0552. The van der Waals surface area contributed by atoms with Gasteiger partial charge in [-0.05, 0) is 61.0 Å². The number of piperazine rings is 1. The molecule has 0 aromatic heterocycles. The number of amides is 5. The zero-order chi connectivity index (χ0) is 42.0. The predicted octanol–water partition coefficient (Wildman–Crippen LogP) is 4.38. The van der Waals surface area contributed by atoms with Crippen molar-refractivity contribution in [2.75, 3.05) is 55.6 Å². The lowest BCUT2D eigenvalue weighted by Crippen LogP contribution is -2.74. The van der Waals surface area contributed by atoms with Gasteiger partial charge in [0.2, 0.25) is 11.8 Å². The summed E-state index contributed by atoms with van der Waals surface area (Å²) in [5.74, 6) is -1.75. The van der Waals surface area contributed by atoms with Crippen molar-refractivity contribution in [1.82, 2.24) is 20.4 Å². The molecule has 4 aliphatic heterocycles. The van der Waals surface area contributed by atoms with Gasteiger partial charge in [-0.25, -0.2) is 0 Å². The minimum Gasteiger partial charge on any atom is -0.489 e. The maximum atomic E-state index is 13.5. The molecule has 3 aromatic carbocycles. The molecule has 1 saturated carbocycles. The molecule has 14 nitrogen and oxygen atoms in total. The van der Waals surface area contributed by atoms with Gasteiger partial charge in [0.25, 0.3) is 17.7 Å². The fourth-order valence-electron chi connectivity index (χ4n) is 9.95. The van der Waals surface area contributed by atoms with Gasteiger partial charge < -0.3 is 19.9 Å². The third-order valence-corrected chi connectivity index (χ3v) is 13.1. The molecule has 0 spiro atoms. The molecule has 3 saturated heterocycles. The van der Waals surface area contributed by atoms with Gasteiger partial charge in [0.1, 0.15) is 29.4 Å². The number of hydrogen-bond donors (Lipinski definition) is 2. The van der Waals surface area contributed by atoms with Gasteiger partial charge in [0.15, 0.2) is 0 Å². The summed E-state index contributed by atoms with van der Waals surface area (Å²) in [5.41, 5.74) is 1.78. The monoisotopic (exact) mass is 816 g/mol. The second kappa shape index (κ2) is 14.7. The number of benzene rings is 3. The van der Waals surface area contributed by atoms with Gasteiger partial charge in [-0.15, -0.1) is 0 Å². The lowest BCUT2D eigenvalue weighted by molar-refractivity contribution is -0.164. The molecule has 1 aliphatic carbocycles. The van der Waals surface area contributed by atoms with Crippen LogP contribution < -0.4 is 25.2 Å². The number of rotatable bonds is 9. The zero-order valence-electron chi connectivity index (χ0n) is 33.4. The molecule has 0 radical (unpaired) electrons. The normalized spacial score (nSPS) is 24.3. The SMILES string of the molecule is CC1(C)[C@H](NC(=O)c2ccc(N3CCN(CC4(C#N)CN(c5ccc6c(c5)C(=O)N(C5CCC(=O)NC5=O)C6=O)C4)CC3)cc2)C(C)(C)[C@H]1Oc1ccc(C#N)c(Cl)c1. The van der Waals surface area contributed by atoms with Crippen LogP contribution in [0.25, 0.3) is 0 Å². The molecule has 59 heavy (non-hydrogen) atoms. The molecule has 1 atom stereocenters. The summed E-state index contributed by atoms with van der Waals surface area (Å²) >= 11 is 6.24. The third-order valence-electron chi connectivity index (χ3n) is 12.8. The Morgan fingerprint density at radius 3 is 2.15 bits per heavy atom. The summed E-state index contributed by atoms with van der Waals surface area (Å²) in [5, 5.41) is 25.3. The number of carbonyl (C=O) groups is 5. The number of ether oxygens (including phenoxy) is 1. The van der Waals surface area contributed by atoms with Crippen LogP contribution in [0.5, 0.6) is 5.75 Å². The summed E-state index contributed by atoms with van der Waals surface area (Å²) in [6, 6.07) is 21.1. The van der Waals surface area contributed by atoms with E-state index in [2.05, 4.69) is 60.3 Å². The summed E-state index contributed by atoms with van der Waals surface area (Å²) < 4.78 is 6.37. The van der Waals surface area contributed by atoms with Gasteiger partial charge in [0, 0.05) is 92.1 Å². The van der Waals surface area contributed by atoms with Crippen molar-refractivity contribution >= 4 is 52.5 Å². The second-order valence-corrected chi connectivity index (χ2v) is 17.9. The molecule has 3 aromatic rings. The Morgan fingerprint density at radius 2 is 1.53 bits per heavy atom. The lowest BCUT2D eigenvalue weighted by Gasteiger charge is -2.63. The Bertz CT molecular complexity index is 2340. The average Bonchev–Trinajstić information content (AvgIpc) is 3.45. The number of anilines is 2. The molecule has 1 unspecified atom stereocenters. The van der Waals surface area contributed by atoms with Gasteiger partial charge in [-0.2, -0.15) is 10.5 Å². The quantitative estimate of drug-likeness (QED) is 0.293. The van der Waals surface area contributed by atoms with E-state index in [0.717, 1.165) is 42.5 Å². The number of nitrogens with one attached hydrogen (secondary N) is 2. The van der Waals surface area contributed by atoms with Crippen LogP contribution in [0.3, 0.4) is 0 Å². The van der Waals surface area contributed by atoms with Crippen LogP contribution in [0, 0.1) is 38.9 Å². The van der Waals surface area contributed by atoms with Crippen molar-refractivity contribution in [2.45, 2.75) is 58.7 Å². The van der Waals surface area contributed by atoms with Crippen molar-refractivity contribution < 1.29 is 28.7 Å². The highest BCUT2D eigenvalue weighted by Crippen LogP contribution is 2.55. The van der Waals surface area contributed by atoms with Crippen molar-refractivity contribution in [2.24, 2.45) is 16.2 Å². The van der Waals surface area contributed by atoms with Gasteiger partial charge in [0.05, 0.1) is 27.8 Å². The number of hydrogen-bond acceptors (Lipinski definition) is 11. The molecular weight excluding hydrogens is 772 g/mol. The largest absolute Gasteiger partial charge is 0.489 e. The van der Waals surface area contributed by atoms with Crippen molar-refractivity contribution in [3.8, 4) is 17.9 Å². The van der Waals surface area contributed by atoms with E-state index in [1.165, 1.54) is 0 Å². The van der Waals surface area contributed by atoms with E-state index >= 15 is 0 Å². The van der Waals surface area contributed by atoms with E-state index < -0.39 is 35.1 Å². The second-order valence-electron chi connectivity index (χ2n) is 17.5. The molecule has 15 heteroatoms. The smallest absolute Gasteiger partial charge is 0.262 e. The van der Waals surface area contributed by atoms with E-state index in [9.17, 15) is 34.5 Å². The minimum atomic E-state index is -1.02. The van der Waals surface area contributed by atoms with Gasteiger partial charge in [-0.1, -0.05) is 39.3 Å². The van der Waals surface area contributed by atoms with Gasteiger partial charge >= 0.3 is 0 Å². The average molecular weight is 817 g/mol. The third kappa shape index (κ3) is 6.94. The van der Waals surface area contributed by atoms with Gasteiger partial charge in [-0.3, -0.25) is 39.1 Å². The number of fused-ring (bicyclic) bond motifs is 1. The number of carbonyl (C=O) groups excluding carboxylic acids is 5. The lowest BCUT2D eigenvalue weighted by atomic mass is 9.49. The van der Waals surface area contributed by atoms with Crippen LogP contribution >= 0.6 is 11.6 Å². The predicted molar refractivity (Wildman–Crippen MR) is 218 cm³/mol. The first-order chi connectivity index (χ1) is 28.0. The van der Waals surface area contributed by atoms with Crippen molar-refractivity contribution in [3.05, 3.63) is 87.9 Å². The highest BCUT2D eigenvalue weighted by Gasteiger charge is 2.64. The van der Waals surface area contributed by atoms with Crippen molar-refractivity contribution in [3.63, 3.8) is 0 Å². The van der Waals surface area contributed by atoms with E-state index in [-0.39, 0.29) is 52.9 Å². The number of piperidine rings is 1. The Labute approximate surface area is 347 Å². The standard InChI is InChI=1S/C44H45ClN8O6/c1-42(2)40(43(3,4)41(42)59-30-11-7-27(21-46)33(45)20-30)49-36(55)26-5-8-28(9-6-26)51-17-15-50(16-18-51)23-44(22-47)24-52(25-44)29-10-12-31-32(19-29)39(58)53(38(31)57)34-13-14-35(54)48-37(34)56/h5-12,19-20,34,40-41H,13-18,23-25H2,1-4H3,(H,49,55)(H,48,54,56)/t34?,40-,41-. The molecule has 304 valence electrons. The highest BCUT2D eigenvalue weighted by molar-refractivity contribution is 6.31. The number of imide groups is 2. The van der Waals surface area contributed by atoms with E-state index in [4.69, 9.17) is 16.3 Å². The number of nitriles is 2. The Balaban J connectivity index is 0.823. The Kier molecular flexibility index (Phi) is 9.93. The first kappa shape index (κ1) is 39.8. The Hall–Kier alpha value is -5.96. The van der Waals surface area contributed by atoms with Crippen LogP contribution in [-0.4, -0.2) is 103 Å². The molecule has 5 amide bonds. The molecule has 8 rings (SSSR count). The van der Waals surface area contributed by atoms with Crippen LogP contribution in [0.2, 0.25) is 5.02 Å². The summed E-state index contributed by atoms with van der Waals surface area (Å²) in [6.45, 7) is 12.9. The maximum Gasteiger partial charge on any atom is 0.262 e. The van der Waals surface area contributed by atoms with Crippen molar-refractivity contribution in [1.29, 1.82) is 10.5 Å². The highest BCUT2D eigenvalue weighted by atomic mass is 35.5. The molecule has 5 aliphatic rings. The maximum absolute atomic E-state index is 13.5. The first-order valence-corrected chi connectivity index (χ1v) is 20.2. The molecular formula is C44H45ClN8O6. The first-order valence-electron chi connectivity index (χ1n) is 19.8. The fraction of sp³-hybridized carbons (Fsp3) is 0.432. The van der Waals surface area contributed by atoms with E-state index in [1.54, 1.807) is 36.4 Å². The molecule has 2 N–H and O–H groups in total. The Morgan fingerprint density at radius 1 is 0.864 bits per heavy atom. The number of nitrogens with zero attached hydrogens (tertiary/aromatic N) is 6. The molecule has 4 fully saturated rings. The summed E-state index contributed by atoms with van der Waals surface area (Å²) in [7, 11) is 0. The number of halogens is 1.